The summed E-state index contributed by atoms with van der Waals surface area (Å²) in [4.78, 5) is 38.8. The van der Waals surface area contributed by atoms with E-state index in [9.17, 15) is 19.5 Å². The molecule has 1 aliphatic carbocycles. The van der Waals surface area contributed by atoms with E-state index in [4.69, 9.17) is 0 Å². The minimum Gasteiger partial charge on any atom is -0.390 e. The van der Waals surface area contributed by atoms with Crippen LogP contribution < -0.4 is 5.32 Å². The lowest BCUT2D eigenvalue weighted by Gasteiger charge is -2.35. The Bertz CT molecular complexity index is 751. The fourth-order valence-electron chi connectivity index (χ4n) is 3.87. The lowest BCUT2D eigenvalue weighted by molar-refractivity contribution is -0.00652. The monoisotopic (exact) mass is 372 g/mol. The summed E-state index contributed by atoms with van der Waals surface area (Å²) >= 11 is 0. The summed E-state index contributed by atoms with van der Waals surface area (Å²) in [6.45, 7) is 4.39. The Labute approximate surface area is 159 Å². The molecule has 0 spiro atoms. The van der Waals surface area contributed by atoms with Crippen molar-refractivity contribution in [3.63, 3.8) is 0 Å². The predicted molar refractivity (Wildman–Crippen MR) is 102 cm³/mol. The number of amides is 3. The molecule has 3 rings (SSSR count). The molecule has 6 heteroatoms. The Balaban J connectivity index is 1.68. The quantitative estimate of drug-likeness (QED) is 0.752. The number of carbonyl (C=O) groups excluding carboxylic acids is 3. The molecule has 1 heterocycles. The third-order valence-electron chi connectivity index (χ3n) is 5.88. The summed E-state index contributed by atoms with van der Waals surface area (Å²) in [6.07, 6.45) is 5.23. The van der Waals surface area contributed by atoms with Gasteiger partial charge in [0.05, 0.1) is 16.7 Å². The molecule has 146 valence electrons. The molecule has 0 bridgehead atoms. The molecule has 3 amide bonds. The van der Waals surface area contributed by atoms with Gasteiger partial charge in [0.15, 0.2) is 0 Å². The zero-order valence-corrected chi connectivity index (χ0v) is 16.1. The average molecular weight is 372 g/mol. The number of hydrogen-bond donors (Lipinski definition) is 2. The second-order valence-electron chi connectivity index (χ2n) is 7.70. The van der Waals surface area contributed by atoms with Crippen LogP contribution in [-0.2, 0) is 0 Å². The lowest BCUT2D eigenvalue weighted by Crippen LogP contribution is -2.43. The molecular weight excluding hydrogens is 344 g/mol. The molecule has 0 unspecified atom stereocenters. The summed E-state index contributed by atoms with van der Waals surface area (Å²) in [5.74, 6) is -0.831. The average Bonchev–Trinajstić information content (AvgIpc) is 2.92. The molecule has 0 aromatic heterocycles. The number of carbonyl (C=O) groups is 3. The van der Waals surface area contributed by atoms with Crippen LogP contribution in [0.1, 0.15) is 89.9 Å². The van der Waals surface area contributed by atoms with Crippen LogP contribution in [0.4, 0.5) is 0 Å². The SMILES string of the molecule is CCCCN1C(=O)c2ccc(C(=O)NC3CCC(O)(CC)CC3)cc2C1=O. The van der Waals surface area contributed by atoms with Gasteiger partial charge in [-0.3, -0.25) is 19.3 Å². The van der Waals surface area contributed by atoms with E-state index in [2.05, 4.69) is 5.32 Å². The standard InChI is InChI=1S/C21H28N2O4/c1-3-5-12-23-19(25)16-7-6-14(13-17(16)20(23)26)18(24)22-15-8-10-21(27,4-2)11-9-15/h6-7,13,15,27H,3-5,8-12H2,1-2H3,(H,22,24). The van der Waals surface area contributed by atoms with E-state index < -0.39 is 5.60 Å². The fraction of sp³-hybridized carbons (Fsp3) is 0.571. The van der Waals surface area contributed by atoms with Crippen molar-refractivity contribution < 1.29 is 19.5 Å². The van der Waals surface area contributed by atoms with Crippen molar-refractivity contribution in [1.82, 2.24) is 10.2 Å². The first kappa shape index (κ1) is 19.5. The van der Waals surface area contributed by atoms with E-state index >= 15 is 0 Å². The Hall–Kier alpha value is -2.21. The van der Waals surface area contributed by atoms with Crippen LogP contribution >= 0.6 is 0 Å². The third kappa shape index (κ3) is 3.90. The molecule has 1 aromatic carbocycles. The first-order valence-corrected chi connectivity index (χ1v) is 9.92. The Morgan fingerprint density at radius 3 is 2.48 bits per heavy atom. The zero-order chi connectivity index (χ0) is 19.6. The highest BCUT2D eigenvalue weighted by Gasteiger charge is 2.36. The molecular formula is C21H28N2O4. The van der Waals surface area contributed by atoms with Crippen LogP contribution in [0.15, 0.2) is 18.2 Å². The summed E-state index contributed by atoms with van der Waals surface area (Å²) < 4.78 is 0. The van der Waals surface area contributed by atoms with E-state index in [0.29, 0.717) is 36.1 Å². The minimum atomic E-state index is -0.608. The normalized spacial score (nSPS) is 24.9. The van der Waals surface area contributed by atoms with Gasteiger partial charge in [-0.05, 0) is 56.7 Å². The summed E-state index contributed by atoms with van der Waals surface area (Å²) in [5, 5.41) is 13.3. The number of hydrogen-bond acceptors (Lipinski definition) is 4. The molecule has 2 aliphatic rings. The molecule has 1 saturated carbocycles. The number of nitrogens with zero attached hydrogens (tertiary/aromatic N) is 1. The first-order chi connectivity index (χ1) is 12.9. The minimum absolute atomic E-state index is 0.0240. The summed E-state index contributed by atoms with van der Waals surface area (Å²) in [6, 6.07) is 4.74. The molecule has 27 heavy (non-hydrogen) atoms. The predicted octanol–water partition coefficient (Wildman–Crippen LogP) is 2.90. The maximum Gasteiger partial charge on any atom is 0.261 e. The van der Waals surface area contributed by atoms with Gasteiger partial charge in [0, 0.05) is 18.2 Å². The maximum atomic E-state index is 12.6. The van der Waals surface area contributed by atoms with Crippen molar-refractivity contribution in [2.75, 3.05) is 6.54 Å². The highest BCUT2D eigenvalue weighted by molar-refractivity contribution is 6.22. The number of rotatable bonds is 6. The van der Waals surface area contributed by atoms with Gasteiger partial charge in [-0.1, -0.05) is 20.3 Å². The molecule has 1 aromatic rings. The van der Waals surface area contributed by atoms with E-state index in [1.165, 1.54) is 11.0 Å². The topological polar surface area (TPSA) is 86.7 Å². The fourth-order valence-corrected chi connectivity index (χ4v) is 3.87. The summed E-state index contributed by atoms with van der Waals surface area (Å²) in [7, 11) is 0. The first-order valence-electron chi connectivity index (χ1n) is 9.92. The van der Waals surface area contributed by atoms with Crippen molar-refractivity contribution in [3.8, 4) is 0 Å². The number of unbranched alkanes of at least 4 members (excludes halogenated alkanes) is 1. The van der Waals surface area contributed by atoms with Crippen LogP contribution in [0.25, 0.3) is 0 Å². The zero-order valence-electron chi connectivity index (χ0n) is 16.1. The molecule has 2 N–H and O–H groups in total. The Morgan fingerprint density at radius 2 is 1.85 bits per heavy atom. The molecule has 1 aliphatic heterocycles. The number of fused-ring (bicyclic) bond motifs is 1. The number of aliphatic hydroxyl groups is 1. The summed E-state index contributed by atoms with van der Waals surface area (Å²) in [5.41, 5.74) is 0.471. The molecule has 0 radical (unpaired) electrons. The van der Waals surface area contributed by atoms with Crippen LogP contribution in [-0.4, -0.2) is 45.9 Å². The highest BCUT2D eigenvalue weighted by Crippen LogP contribution is 2.31. The van der Waals surface area contributed by atoms with E-state index in [1.807, 2.05) is 13.8 Å². The van der Waals surface area contributed by atoms with Gasteiger partial charge in [0.1, 0.15) is 0 Å². The molecule has 0 saturated heterocycles. The van der Waals surface area contributed by atoms with E-state index in [0.717, 1.165) is 32.1 Å². The largest absolute Gasteiger partial charge is 0.390 e. The number of nitrogens with one attached hydrogen (secondary N) is 1. The lowest BCUT2D eigenvalue weighted by atomic mass is 9.80. The van der Waals surface area contributed by atoms with E-state index in [-0.39, 0.29) is 23.8 Å². The van der Waals surface area contributed by atoms with Gasteiger partial charge in [-0.15, -0.1) is 0 Å². The van der Waals surface area contributed by atoms with Gasteiger partial charge in [0.25, 0.3) is 17.7 Å². The number of imide groups is 1. The Morgan fingerprint density at radius 1 is 1.19 bits per heavy atom. The van der Waals surface area contributed by atoms with Crippen molar-refractivity contribution >= 4 is 17.7 Å². The van der Waals surface area contributed by atoms with Gasteiger partial charge < -0.3 is 10.4 Å². The van der Waals surface area contributed by atoms with E-state index in [1.54, 1.807) is 12.1 Å². The van der Waals surface area contributed by atoms with Crippen molar-refractivity contribution in [1.29, 1.82) is 0 Å². The van der Waals surface area contributed by atoms with Crippen molar-refractivity contribution in [3.05, 3.63) is 34.9 Å². The second-order valence-corrected chi connectivity index (χ2v) is 7.70. The van der Waals surface area contributed by atoms with Gasteiger partial charge >= 0.3 is 0 Å². The third-order valence-corrected chi connectivity index (χ3v) is 5.88. The van der Waals surface area contributed by atoms with Crippen LogP contribution in [0.3, 0.4) is 0 Å². The molecule has 1 fully saturated rings. The van der Waals surface area contributed by atoms with Crippen LogP contribution in [0.5, 0.6) is 0 Å². The van der Waals surface area contributed by atoms with Gasteiger partial charge in [-0.2, -0.15) is 0 Å². The second kappa shape index (κ2) is 7.80. The van der Waals surface area contributed by atoms with Crippen LogP contribution in [0.2, 0.25) is 0 Å². The number of benzene rings is 1. The van der Waals surface area contributed by atoms with Gasteiger partial charge in [0.2, 0.25) is 0 Å². The molecule has 6 nitrogen and oxygen atoms in total. The van der Waals surface area contributed by atoms with Gasteiger partial charge in [-0.25, -0.2) is 0 Å². The Kier molecular flexibility index (Phi) is 5.65. The van der Waals surface area contributed by atoms with Crippen molar-refractivity contribution in [2.45, 2.75) is 70.4 Å². The maximum absolute atomic E-state index is 12.6. The molecule has 0 atom stereocenters. The van der Waals surface area contributed by atoms with Crippen molar-refractivity contribution in [2.24, 2.45) is 0 Å². The highest BCUT2D eigenvalue weighted by atomic mass is 16.3. The smallest absolute Gasteiger partial charge is 0.261 e. The van der Waals surface area contributed by atoms with Crippen LogP contribution in [0, 0.1) is 0 Å².